The highest BCUT2D eigenvalue weighted by atomic mass is 16.5. The van der Waals surface area contributed by atoms with Crippen molar-refractivity contribution in [3.63, 3.8) is 0 Å². The van der Waals surface area contributed by atoms with Crippen molar-refractivity contribution in [2.75, 3.05) is 20.2 Å². The number of likely N-dealkylation sites (tertiary alicyclic amines) is 1. The maximum atomic E-state index is 13.4. The second kappa shape index (κ2) is 7.80. The fourth-order valence-electron chi connectivity index (χ4n) is 5.19. The van der Waals surface area contributed by atoms with Gasteiger partial charge in [0.15, 0.2) is 0 Å². The van der Waals surface area contributed by atoms with Crippen LogP contribution < -0.4 is 4.74 Å². The van der Waals surface area contributed by atoms with Crippen molar-refractivity contribution < 1.29 is 9.53 Å². The number of benzene rings is 2. The number of hydrogen-bond donors (Lipinski definition) is 0. The third-order valence-corrected chi connectivity index (χ3v) is 6.77. The quantitative estimate of drug-likeness (QED) is 0.631. The molecule has 1 spiro atoms. The number of hydrogen-bond acceptors (Lipinski definition) is 4. The van der Waals surface area contributed by atoms with Gasteiger partial charge in [0.1, 0.15) is 11.6 Å². The van der Waals surface area contributed by atoms with Crippen LogP contribution in [0.5, 0.6) is 5.75 Å². The Bertz CT molecular complexity index is 1120. The topological polar surface area (TPSA) is 55.3 Å². The second-order valence-electron chi connectivity index (χ2n) is 8.68. The zero-order chi connectivity index (χ0) is 21.4. The van der Waals surface area contributed by atoms with Crippen LogP contribution in [0.15, 0.2) is 54.7 Å². The zero-order valence-electron chi connectivity index (χ0n) is 18.1. The molecule has 2 heterocycles. The number of carbonyl (C=O) groups excluding carboxylic acids is 1. The van der Waals surface area contributed by atoms with E-state index in [2.05, 4.69) is 4.98 Å². The molecule has 31 heavy (non-hydrogen) atoms. The van der Waals surface area contributed by atoms with E-state index in [4.69, 9.17) is 9.72 Å². The van der Waals surface area contributed by atoms with Crippen LogP contribution in [0.4, 0.5) is 0 Å². The molecule has 0 saturated carbocycles. The Balaban J connectivity index is 1.38. The summed E-state index contributed by atoms with van der Waals surface area (Å²) >= 11 is 0. The van der Waals surface area contributed by atoms with E-state index < -0.39 is 0 Å². The minimum atomic E-state index is -0.0196. The van der Waals surface area contributed by atoms with Gasteiger partial charge in [-0.25, -0.2) is 9.97 Å². The standard InChI is InChI=1S/C26H27N3O2/c1-18-27-16-21-12-14-26(24(21)28-18)13-5-15-29(17-26)25(30)20-10-8-19(9-11-20)22-6-3-4-7-23(22)31-2/h3-4,6-11,16H,5,12-15,17H2,1-2H3. The van der Waals surface area contributed by atoms with Gasteiger partial charge in [-0.15, -0.1) is 0 Å². The maximum absolute atomic E-state index is 13.4. The number of ether oxygens (including phenoxy) is 1. The van der Waals surface area contributed by atoms with Crippen LogP contribution >= 0.6 is 0 Å². The monoisotopic (exact) mass is 413 g/mol. The number of methoxy groups -OCH3 is 1. The van der Waals surface area contributed by atoms with E-state index in [1.54, 1.807) is 7.11 Å². The van der Waals surface area contributed by atoms with Gasteiger partial charge in [0, 0.05) is 35.8 Å². The third kappa shape index (κ3) is 3.48. The van der Waals surface area contributed by atoms with Crippen molar-refractivity contribution in [1.29, 1.82) is 0 Å². The minimum absolute atomic E-state index is 0.0196. The molecule has 1 unspecified atom stereocenters. The van der Waals surface area contributed by atoms with Gasteiger partial charge in [-0.05, 0) is 61.9 Å². The van der Waals surface area contributed by atoms with Gasteiger partial charge in [0.05, 0.1) is 12.8 Å². The second-order valence-corrected chi connectivity index (χ2v) is 8.68. The zero-order valence-corrected chi connectivity index (χ0v) is 18.1. The summed E-state index contributed by atoms with van der Waals surface area (Å²) in [5, 5.41) is 0. The lowest BCUT2D eigenvalue weighted by molar-refractivity contribution is 0.0633. The Kier molecular flexibility index (Phi) is 4.97. The average Bonchev–Trinajstić information content (AvgIpc) is 3.15. The number of piperidine rings is 1. The molecule has 1 saturated heterocycles. The molecule has 1 aliphatic heterocycles. The number of aryl methyl sites for hydroxylation is 2. The van der Waals surface area contributed by atoms with E-state index in [1.165, 1.54) is 11.3 Å². The van der Waals surface area contributed by atoms with Gasteiger partial charge < -0.3 is 9.64 Å². The number of para-hydroxylation sites is 1. The van der Waals surface area contributed by atoms with Gasteiger partial charge in [-0.1, -0.05) is 30.3 Å². The highest BCUT2D eigenvalue weighted by molar-refractivity contribution is 5.95. The Morgan fingerprint density at radius 3 is 2.71 bits per heavy atom. The lowest BCUT2D eigenvalue weighted by atomic mass is 9.77. The van der Waals surface area contributed by atoms with Crippen LogP contribution in [-0.4, -0.2) is 41.0 Å². The molecule has 1 atom stereocenters. The number of aromatic nitrogens is 2. The molecular formula is C26H27N3O2. The fourth-order valence-corrected chi connectivity index (χ4v) is 5.19. The van der Waals surface area contributed by atoms with Crippen molar-refractivity contribution in [2.45, 2.75) is 38.0 Å². The van der Waals surface area contributed by atoms with Gasteiger partial charge in [-0.2, -0.15) is 0 Å². The molecule has 5 nitrogen and oxygen atoms in total. The molecule has 0 bridgehead atoms. The van der Waals surface area contributed by atoms with Gasteiger partial charge in [0.2, 0.25) is 0 Å². The Hall–Kier alpha value is -3.21. The molecule has 3 aromatic rings. The van der Waals surface area contributed by atoms with E-state index in [-0.39, 0.29) is 11.3 Å². The van der Waals surface area contributed by atoms with E-state index in [1.807, 2.05) is 66.6 Å². The van der Waals surface area contributed by atoms with Gasteiger partial charge in [0.25, 0.3) is 5.91 Å². The number of rotatable bonds is 3. The molecule has 0 radical (unpaired) electrons. The van der Waals surface area contributed by atoms with Crippen molar-refractivity contribution >= 4 is 5.91 Å². The number of carbonyl (C=O) groups is 1. The molecule has 0 N–H and O–H groups in total. The first-order chi connectivity index (χ1) is 15.1. The van der Waals surface area contributed by atoms with Crippen LogP contribution in [-0.2, 0) is 11.8 Å². The molecule has 5 heteroatoms. The highest BCUT2D eigenvalue weighted by Gasteiger charge is 2.44. The summed E-state index contributed by atoms with van der Waals surface area (Å²) in [6, 6.07) is 15.8. The molecule has 1 aromatic heterocycles. The molecule has 2 aliphatic rings. The SMILES string of the molecule is COc1ccccc1-c1ccc(C(=O)N2CCCC3(CCc4cnc(C)nc43)C2)cc1. The summed E-state index contributed by atoms with van der Waals surface area (Å²) in [4.78, 5) is 24.6. The maximum Gasteiger partial charge on any atom is 0.253 e. The van der Waals surface area contributed by atoms with E-state index in [0.29, 0.717) is 0 Å². The molecular weight excluding hydrogens is 386 g/mol. The van der Waals surface area contributed by atoms with E-state index in [0.717, 1.165) is 67.0 Å². The number of nitrogens with zero attached hydrogens (tertiary/aromatic N) is 3. The summed E-state index contributed by atoms with van der Waals surface area (Å²) in [7, 11) is 1.68. The summed E-state index contributed by atoms with van der Waals surface area (Å²) in [5.74, 6) is 1.75. The van der Waals surface area contributed by atoms with E-state index in [9.17, 15) is 4.79 Å². The smallest absolute Gasteiger partial charge is 0.253 e. The first-order valence-corrected chi connectivity index (χ1v) is 11.0. The summed E-state index contributed by atoms with van der Waals surface area (Å²) in [6.45, 7) is 3.49. The Morgan fingerprint density at radius 2 is 1.90 bits per heavy atom. The molecule has 1 fully saturated rings. The summed E-state index contributed by atoms with van der Waals surface area (Å²) in [5.41, 5.74) is 5.20. The van der Waals surface area contributed by atoms with Crippen LogP contribution in [0, 0.1) is 6.92 Å². The summed E-state index contributed by atoms with van der Waals surface area (Å²) in [6.07, 6.45) is 6.13. The predicted molar refractivity (Wildman–Crippen MR) is 120 cm³/mol. The molecule has 1 aliphatic carbocycles. The van der Waals surface area contributed by atoms with Crippen LogP contribution in [0.2, 0.25) is 0 Å². The summed E-state index contributed by atoms with van der Waals surface area (Å²) < 4.78 is 5.48. The average molecular weight is 414 g/mol. The van der Waals surface area contributed by atoms with Gasteiger partial charge in [-0.3, -0.25) is 4.79 Å². The third-order valence-electron chi connectivity index (χ3n) is 6.77. The number of fused-ring (bicyclic) bond motifs is 2. The molecule has 2 aromatic carbocycles. The van der Waals surface area contributed by atoms with Crippen LogP contribution in [0.3, 0.4) is 0 Å². The minimum Gasteiger partial charge on any atom is -0.496 e. The van der Waals surface area contributed by atoms with Crippen molar-refractivity contribution in [3.8, 4) is 16.9 Å². The van der Waals surface area contributed by atoms with Gasteiger partial charge >= 0.3 is 0 Å². The first-order valence-electron chi connectivity index (χ1n) is 11.0. The largest absolute Gasteiger partial charge is 0.496 e. The van der Waals surface area contributed by atoms with Crippen molar-refractivity contribution in [2.24, 2.45) is 0 Å². The van der Waals surface area contributed by atoms with Crippen molar-refractivity contribution in [3.05, 3.63) is 77.4 Å². The van der Waals surface area contributed by atoms with E-state index >= 15 is 0 Å². The lowest BCUT2D eigenvalue weighted by Crippen LogP contribution is -2.48. The van der Waals surface area contributed by atoms with Crippen LogP contribution in [0.25, 0.3) is 11.1 Å². The Labute approximate surface area is 183 Å². The predicted octanol–water partition coefficient (Wildman–Crippen LogP) is 4.58. The van der Waals surface area contributed by atoms with Crippen LogP contribution in [0.1, 0.15) is 46.7 Å². The normalized spacial score (nSPS) is 20.0. The van der Waals surface area contributed by atoms with Crippen molar-refractivity contribution in [1.82, 2.24) is 14.9 Å². The molecule has 158 valence electrons. The highest BCUT2D eigenvalue weighted by Crippen LogP contribution is 2.44. The Morgan fingerprint density at radius 1 is 1.10 bits per heavy atom. The lowest BCUT2D eigenvalue weighted by Gasteiger charge is -2.40. The fraction of sp³-hybridized carbons (Fsp3) is 0.346. The number of amides is 1. The molecule has 1 amide bonds. The first kappa shape index (κ1) is 19.7. The molecule has 5 rings (SSSR count).